The molecule has 0 heterocycles. The minimum atomic E-state index is -0.275. The summed E-state index contributed by atoms with van der Waals surface area (Å²) in [6, 6.07) is 3.64. The van der Waals surface area contributed by atoms with Crippen molar-refractivity contribution in [2.24, 2.45) is 5.73 Å². The molecule has 0 aromatic heterocycles. The van der Waals surface area contributed by atoms with E-state index < -0.39 is 0 Å². The van der Waals surface area contributed by atoms with E-state index in [0.717, 1.165) is 18.4 Å². The monoisotopic (exact) mass is 243 g/mol. The van der Waals surface area contributed by atoms with Crippen LogP contribution in [-0.4, -0.2) is 6.54 Å². The summed E-state index contributed by atoms with van der Waals surface area (Å²) in [4.78, 5) is 0. The second-order valence-corrected chi connectivity index (χ2v) is 4.78. The first-order valence-electron chi connectivity index (χ1n) is 5.74. The van der Waals surface area contributed by atoms with E-state index in [-0.39, 0.29) is 10.8 Å². The summed E-state index contributed by atoms with van der Waals surface area (Å²) >= 11 is 5.88. The number of nitrogens with two attached hydrogens (primary N) is 1. The third-order valence-corrected chi connectivity index (χ3v) is 2.97. The van der Waals surface area contributed by atoms with Gasteiger partial charge in [0.25, 0.3) is 0 Å². The number of unbranched alkanes of at least 4 members (excludes halogenated alkanes) is 1. The molecule has 0 saturated carbocycles. The minimum Gasteiger partial charge on any atom is -0.330 e. The molecular weight excluding hydrogens is 225 g/mol. The maximum absolute atomic E-state index is 13.7. The highest BCUT2D eigenvalue weighted by atomic mass is 35.5. The Morgan fingerprint density at radius 2 is 2.00 bits per heavy atom. The van der Waals surface area contributed by atoms with E-state index >= 15 is 0 Å². The number of hydrogen-bond acceptors (Lipinski definition) is 1. The first-order valence-corrected chi connectivity index (χ1v) is 6.12. The standard InChI is InChI=1S/C13H19ClFN/c1-9(2)11-7-10(5-3-4-6-16)13(15)12(14)8-11/h7-9H,3-6,16H2,1-2H3. The van der Waals surface area contributed by atoms with Crippen molar-refractivity contribution < 1.29 is 4.39 Å². The van der Waals surface area contributed by atoms with Crippen LogP contribution in [-0.2, 0) is 6.42 Å². The second kappa shape index (κ2) is 6.21. The normalized spacial score (nSPS) is 11.1. The average Bonchev–Trinajstić information content (AvgIpc) is 2.24. The van der Waals surface area contributed by atoms with Gasteiger partial charge in [-0.25, -0.2) is 4.39 Å². The SMILES string of the molecule is CC(C)c1cc(Cl)c(F)c(CCCCN)c1. The van der Waals surface area contributed by atoms with Gasteiger partial charge in [-0.15, -0.1) is 0 Å². The molecule has 0 aliphatic carbocycles. The molecular formula is C13H19ClFN. The van der Waals surface area contributed by atoms with E-state index in [4.69, 9.17) is 17.3 Å². The zero-order chi connectivity index (χ0) is 12.1. The van der Waals surface area contributed by atoms with E-state index in [1.165, 1.54) is 0 Å². The van der Waals surface area contributed by atoms with Crippen LogP contribution in [0.2, 0.25) is 5.02 Å². The minimum absolute atomic E-state index is 0.231. The summed E-state index contributed by atoms with van der Waals surface area (Å²) in [5, 5.41) is 0.231. The number of benzene rings is 1. The van der Waals surface area contributed by atoms with Crippen molar-refractivity contribution in [3.8, 4) is 0 Å². The molecule has 0 saturated heterocycles. The van der Waals surface area contributed by atoms with E-state index in [9.17, 15) is 4.39 Å². The molecule has 1 aromatic carbocycles. The quantitative estimate of drug-likeness (QED) is 0.781. The van der Waals surface area contributed by atoms with Crippen LogP contribution in [0.5, 0.6) is 0 Å². The fourth-order valence-corrected chi connectivity index (χ4v) is 1.89. The van der Waals surface area contributed by atoms with Crippen LogP contribution in [0.1, 0.15) is 43.7 Å². The van der Waals surface area contributed by atoms with Gasteiger partial charge in [-0.05, 0) is 48.9 Å². The molecule has 0 radical (unpaired) electrons. The van der Waals surface area contributed by atoms with Gasteiger partial charge in [0.1, 0.15) is 5.82 Å². The Bertz CT molecular complexity index is 350. The fraction of sp³-hybridized carbons (Fsp3) is 0.538. The van der Waals surface area contributed by atoms with Gasteiger partial charge in [0.15, 0.2) is 0 Å². The largest absolute Gasteiger partial charge is 0.330 e. The Labute approximate surface area is 102 Å². The molecule has 0 amide bonds. The Hall–Kier alpha value is -0.600. The maximum Gasteiger partial charge on any atom is 0.144 e. The highest BCUT2D eigenvalue weighted by Crippen LogP contribution is 2.26. The summed E-state index contributed by atoms with van der Waals surface area (Å²) < 4.78 is 13.7. The zero-order valence-electron chi connectivity index (χ0n) is 9.89. The van der Waals surface area contributed by atoms with Crippen LogP contribution in [0.25, 0.3) is 0 Å². The van der Waals surface area contributed by atoms with Crippen molar-refractivity contribution in [3.05, 3.63) is 34.1 Å². The molecule has 90 valence electrons. The third kappa shape index (κ3) is 3.46. The predicted octanol–water partition coefficient (Wildman–Crippen LogP) is 3.88. The molecule has 0 aliphatic rings. The average molecular weight is 244 g/mol. The van der Waals surface area contributed by atoms with Gasteiger partial charge < -0.3 is 5.73 Å². The van der Waals surface area contributed by atoms with Crippen molar-refractivity contribution in [2.45, 2.75) is 39.0 Å². The zero-order valence-corrected chi connectivity index (χ0v) is 10.6. The lowest BCUT2D eigenvalue weighted by Gasteiger charge is -2.11. The van der Waals surface area contributed by atoms with E-state index in [1.807, 2.05) is 6.07 Å². The molecule has 1 aromatic rings. The van der Waals surface area contributed by atoms with Crippen LogP contribution in [0.3, 0.4) is 0 Å². The maximum atomic E-state index is 13.7. The van der Waals surface area contributed by atoms with E-state index in [0.29, 0.717) is 24.4 Å². The first kappa shape index (κ1) is 13.5. The first-order chi connectivity index (χ1) is 7.56. The molecule has 1 nitrogen and oxygen atoms in total. The molecule has 0 spiro atoms. The van der Waals surface area contributed by atoms with Crippen molar-refractivity contribution in [3.63, 3.8) is 0 Å². The lowest BCUT2D eigenvalue weighted by molar-refractivity contribution is 0.599. The van der Waals surface area contributed by atoms with Gasteiger partial charge >= 0.3 is 0 Å². The second-order valence-electron chi connectivity index (χ2n) is 4.38. The molecule has 16 heavy (non-hydrogen) atoms. The van der Waals surface area contributed by atoms with Gasteiger partial charge in [0, 0.05) is 0 Å². The predicted molar refractivity (Wildman–Crippen MR) is 67.5 cm³/mol. The van der Waals surface area contributed by atoms with Gasteiger partial charge in [-0.1, -0.05) is 31.5 Å². The smallest absolute Gasteiger partial charge is 0.144 e. The lowest BCUT2D eigenvalue weighted by atomic mass is 9.98. The molecule has 0 unspecified atom stereocenters. The highest BCUT2D eigenvalue weighted by Gasteiger charge is 2.10. The molecule has 0 atom stereocenters. The van der Waals surface area contributed by atoms with E-state index in [2.05, 4.69) is 13.8 Å². The van der Waals surface area contributed by atoms with Crippen molar-refractivity contribution >= 4 is 11.6 Å². The van der Waals surface area contributed by atoms with Gasteiger partial charge in [-0.2, -0.15) is 0 Å². The molecule has 3 heteroatoms. The summed E-state index contributed by atoms with van der Waals surface area (Å²) in [5.74, 6) is 0.0921. The van der Waals surface area contributed by atoms with Crippen LogP contribution in [0, 0.1) is 5.82 Å². The summed E-state index contributed by atoms with van der Waals surface area (Å²) in [5.41, 5.74) is 7.22. The summed E-state index contributed by atoms with van der Waals surface area (Å²) in [6.45, 7) is 4.81. The van der Waals surface area contributed by atoms with Crippen LogP contribution < -0.4 is 5.73 Å². The van der Waals surface area contributed by atoms with Crippen LogP contribution in [0.15, 0.2) is 12.1 Å². The van der Waals surface area contributed by atoms with Crippen LogP contribution in [0.4, 0.5) is 4.39 Å². The number of rotatable bonds is 5. The molecule has 1 rings (SSSR count). The fourth-order valence-electron chi connectivity index (χ4n) is 1.64. The summed E-state index contributed by atoms with van der Waals surface area (Å²) in [6.07, 6.45) is 2.54. The van der Waals surface area contributed by atoms with Gasteiger partial charge in [-0.3, -0.25) is 0 Å². The molecule has 0 fully saturated rings. The Morgan fingerprint density at radius 1 is 1.31 bits per heavy atom. The number of halogens is 2. The summed E-state index contributed by atoms with van der Waals surface area (Å²) in [7, 11) is 0. The number of aryl methyl sites for hydroxylation is 1. The van der Waals surface area contributed by atoms with Gasteiger partial charge in [0.2, 0.25) is 0 Å². The van der Waals surface area contributed by atoms with Crippen LogP contribution >= 0.6 is 11.6 Å². The van der Waals surface area contributed by atoms with Crippen molar-refractivity contribution in [1.82, 2.24) is 0 Å². The van der Waals surface area contributed by atoms with Crippen molar-refractivity contribution in [2.75, 3.05) is 6.54 Å². The Morgan fingerprint density at radius 3 is 2.56 bits per heavy atom. The highest BCUT2D eigenvalue weighted by molar-refractivity contribution is 6.30. The number of hydrogen-bond donors (Lipinski definition) is 1. The molecule has 2 N–H and O–H groups in total. The van der Waals surface area contributed by atoms with E-state index in [1.54, 1.807) is 6.07 Å². The topological polar surface area (TPSA) is 26.0 Å². The third-order valence-electron chi connectivity index (χ3n) is 2.69. The molecule has 0 bridgehead atoms. The Balaban J connectivity index is 2.88. The van der Waals surface area contributed by atoms with Gasteiger partial charge in [0.05, 0.1) is 5.02 Å². The Kier molecular flexibility index (Phi) is 5.23. The molecule has 0 aliphatic heterocycles. The lowest BCUT2D eigenvalue weighted by Crippen LogP contribution is -2.01. The van der Waals surface area contributed by atoms with Crippen molar-refractivity contribution in [1.29, 1.82) is 0 Å².